The van der Waals surface area contributed by atoms with Crippen LogP contribution in [-0.2, 0) is 11.3 Å². The van der Waals surface area contributed by atoms with E-state index < -0.39 is 0 Å². The van der Waals surface area contributed by atoms with Gasteiger partial charge in [-0.15, -0.1) is 11.3 Å². The van der Waals surface area contributed by atoms with E-state index in [-0.39, 0.29) is 6.09 Å². The van der Waals surface area contributed by atoms with Gasteiger partial charge in [-0.3, -0.25) is 0 Å². The molecule has 1 aromatic carbocycles. The Morgan fingerprint density at radius 3 is 2.72 bits per heavy atom. The van der Waals surface area contributed by atoms with Gasteiger partial charge in [0.2, 0.25) is 0 Å². The van der Waals surface area contributed by atoms with Gasteiger partial charge in [0.25, 0.3) is 0 Å². The lowest BCUT2D eigenvalue weighted by molar-refractivity contribution is 0.0950. The van der Waals surface area contributed by atoms with Crippen LogP contribution in [-0.4, -0.2) is 41.7 Å². The molecule has 0 atom stereocenters. The minimum absolute atomic E-state index is 0.191. The van der Waals surface area contributed by atoms with E-state index in [0.29, 0.717) is 12.6 Å². The molecule has 0 saturated carbocycles. The van der Waals surface area contributed by atoms with E-state index in [1.807, 2.05) is 6.92 Å². The van der Waals surface area contributed by atoms with Gasteiger partial charge in [-0.05, 0) is 26.7 Å². The van der Waals surface area contributed by atoms with Crippen LogP contribution in [0.25, 0.3) is 10.6 Å². The molecular formula is C19H25N3O2S. The Morgan fingerprint density at radius 1 is 1.32 bits per heavy atom. The van der Waals surface area contributed by atoms with Gasteiger partial charge in [0.1, 0.15) is 5.01 Å². The maximum atomic E-state index is 11.7. The van der Waals surface area contributed by atoms with Crippen LogP contribution >= 0.6 is 11.3 Å². The lowest BCUT2D eigenvalue weighted by atomic mass is 10.1. The van der Waals surface area contributed by atoms with Crippen molar-refractivity contribution in [2.75, 3.05) is 19.7 Å². The second-order valence-electron chi connectivity index (χ2n) is 6.35. The summed E-state index contributed by atoms with van der Waals surface area (Å²) in [6.07, 6.45) is 1.71. The number of hydrogen-bond donors (Lipinski definition) is 1. The Kier molecular flexibility index (Phi) is 6.04. The Labute approximate surface area is 153 Å². The van der Waals surface area contributed by atoms with Gasteiger partial charge in [-0.25, -0.2) is 9.78 Å². The van der Waals surface area contributed by atoms with Crippen molar-refractivity contribution in [3.8, 4) is 10.6 Å². The Bertz CT molecular complexity index is 691. The zero-order valence-electron chi connectivity index (χ0n) is 14.8. The summed E-state index contributed by atoms with van der Waals surface area (Å²) in [5.74, 6) is 0. The maximum Gasteiger partial charge on any atom is 0.409 e. The Morgan fingerprint density at radius 2 is 2.04 bits per heavy atom. The lowest BCUT2D eigenvalue weighted by Gasteiger charge is -2.31. The molecule has 1 N–H and O–H groups in total. The van der Waals surface area contributed by atoms with Crippen LogP contribution in [0.15, 0.2) is 29.6 Å². The van der Waals surface area contributed by atoms with Crippen molar-refractivity contribution in [3.05, 3.63) is 40.9 Å². The molecular weight excluding hydrogens is 334 g/mol. The summed E-state index contributed by atoms with van der Waals surface area (Å²) in [4.78, 5) is 18.2. The van der Waals surface area contributed by atoms with Crippen molar-refractivity contribution >= 4 is 17.4 Å². The topological polar surface area (TPSA) is 54.5 Å². The molecule has 2 heterocycles. The normalized spacial score (nSPS) is 15.4. The summed E-state index contributed by atoms with van der Waals surface area (Å²) in [6, 6.07) is 8.90. The molecule has 0 bridgehead atoms. The van der Waals surface area contributed by atoms with Gasteiger partial charge in [0.15, 0.2) is 0 Å². The van der Waals surface area contributed by atoms with Crippen molar-refractivity contribution in [3.63, 3.8) is 0 Å². The summed E-state index contributed by atoms with van der Waals surface area (Å²) >= 11 is 1.68. The number of nitrogens with zero attached hydrogens (tertiary/aromatic N) is 2. The molecule has 1 aliphatic heterocycles. The van der Waals surface area contributed by atoms with Crippen LogP contribution in [0.1, 0.15) is 31.0 Å². The molecule has 134 valence electrons. The third-order valence-electron chi connectivity index (χ3n) is 4.44. The summed E-state index contributed by atoms with van der Waals surface area (Å²) in [5.41, 5.74) is 3.51. The summed E-state index contributed by atoms with van der Waals surface area (Å²) in [6.45, 7) is 6.64. The molecule has 1 amide bonds. The highest BCUT2D eigenvalue weighted by molar-refractivity contribution is 7.13. The molecule has 0 radical (unpaired) electrons. The van der Waals surface area contributed by atoms with Crippen molar-refractivity contribution in [2.24, 2.45) is 0 Å². The number of carbonyl (C=O) groups excluding carboxylic acids is 1. The number of benzene rings is 1. The predicted octanol–water partition coefficient (Wildman–Crippen LogP) is 3.83. The average Bonchev–Trinajstić information content (AvgIpc) is 3.10. The van der Waals surface area contributed by atoms with E-state index >= 15 is 0 Å². The Hall–Kier alpha value is -1.92. The second-order valence-corrected chi connectivity index (χ2v) is 7.21. The van der Waals surface area contributed by atoms with E-state index in [2.05, 4.69) is 41.9 Å². The number of aryl methyl sites for hydroxylation is 1. The molecule has 0 aliphatic carbocycles. The summed E-state index contributed by atoms with van der Waals surface area (Å²) in [5, 5.41) is 6.75. The monoisotopic (exact) mass is 359 g/mol. The van der Waals surface area contributed by atoms with Crippen LogP contribution in [0.3, 0.4) is 0 Å². The first-order chi connectivity index (χ1) is 12.2. The molecule has 25 heavy (non-hydrogen) atoms. The minimum atomic E-state index is -0.191. The number of rotatable bonds is 5. The van der Waals surface area contributed by atoms with Gasteiger partial charge in [0, 0.05) is 36.6 Å². The molecule has 1 aromatic heterocycles. The van der Waals surface area contributed by atoms with Gasteiger partial charge in [-0.1, -0.05) is 29.8 Å². The molecule has 5 nitrogen and oxygen atoms in total. The fraction of sp³-hybridized carbons (Fsp3) is 0.474. The summed E-state index contributed by atoms with van der Waals surface area (Å²) in [7, 11) is 0. The first-order valence-corrected chi connectivity index (χ1v) is 9.70. The smallest absolute Gasteiger partial charge is 0.409 e. The molecule has 0 unspecified atom stereocenters. The number of aromatic nitrogens is 1. The number of nitrogens with one attached hydrogen (secondary N) is 1. The quantitative estimate of drug-likeness (QED) is 0.881. The van der Waals surface area contributed by atoms with Crippen LogP contribution in [0.2, 0.25) is 0 Å². The average molecular weight is 359 g/mol. The van der Waals surface area contributed by atoms with E-state index in [1.54, 1.807) is 16.2 Å². The third-order valence-corrected chi connectivity index (χ3v) is 5.38. The number of carbonyl (C=O) groups is 1. The van der Waals surface area contributed by atoms with Crippen LogP contribution in [0.5, 0.6) is 0 Å². The van der Waals surface area contributed by atoms with E-state index in [9.17, 15) is 4.79 Å². The van der Waals surface area contributed by atoms with E-state index in [0.717, 1.165) is 43.2 Å². The number of piperidine rings is 1. The first-order valence-electron chi connectivity index (χ1n) is 8.82. The maximum absolute atomic E-state index is 11.7. The molecule has 6 heteroatoms. The number of amides is 1. The van der Waals surface area contributed by atoms with Crippen LogP contribution in [0, 0.1) is 6.92 Å². The largest absolute Gasteiger partial charge is 0.450 e. The molecule has 0 spiro atoms. The highest BCUT2D eigenvalue weighted by Crippen LogP contribution is 2.24. The number of hydrogen-bond acceptors (Lipinski definition) is 5. The fourth-order valence-electron chi connectivity index (χ4n) is 2.95. The van der Waals surface area contributed by atoms with Gasteiger partial charge in [0.05, 0.1) is 12.3 Å². The highest BCUT2D eigenvalue weighted by Gasteiger charge is 2.23. The molecule has 1 aliphatic rings. The fourth-order valence-corrected chi connectivity index (χ4v) is 3.77. The van der Waals surface area contributed by atoms with Crippen LogP contribution in [0.4, 0.5) is 4.79 Å². The Balaban J connectivity index is 1.47. The molecule has 2 aromatic rings. The van der Waals surface area contributed by atoms with Gasteiger partial charge in [-0.2, -0.15) is 0 Å². The van der Waals surface area contributed by atoms with E-state index in [1.165, 1.54) is 11.1 Å². The number of ether oxygens (including phenoxy) is 1. The number of likely N-dealkylation sites (tertiary alicyclic amines) is 1. The van der Waals surface area contributed by atoms with Gasteiger partial charge >= 0.3 is 6.09 Å². The third kappa shape index (κ3) is 4.80. The van der Waals surface area contributed by atoms with E-state index in [4.69, 9.17) is 9.72 Å². The van der Waals surface area contributed by atoms with Crippen molar-refractivity contribution in [1.29, 1.82) is 0 Å². The minimum Gasteiger partial charge on any atom is -0.450 e. The predicted molar refractivity (Wildman–Crippen MR) is 101 cm³/mol. The van der Waals surface area contributed by atoms with Crippen LogP contribution < -0.4 is 5.32 Å². The SMILES string of the molecule is CCOC(=O)N1CCC(NCc2csc(-c3ccc(C)cc3)n2)CC1. The zero-order chi connectivity index (χ0) is 17.6. The molecule has 3 rings (SSSR count). The molecule has 1 fully saturated rings. The zero-order valence-corrected chi connectivity index (χ0v) is 15.6. The second kappa shape index (κ2) is 8.45. The highest BCUT2D eigenvalue weighted by atomic mass is 32.1. The van der Waals surface area contributed by atoms with Crippen molar-refractivity contribution < 1.29 is 9.53 Å². The van der Waals surface area contributed by atoms with Crippen molar-refractivity contribution in [1.82, 2.24) is 15.2 Å². The standard InChI is InChI=1S/C19H25N3O2S/c1-3-24-19(23)22-10-8-16(9-11-22)20-12-17-13-25-18(21-17)15-6-4-14(2)5-7-15/h4-7,13,16,20H,3,8-12H2,1-2H3. The lowest BCUT2D eigenvalue weighted by Crippen LogP contribution is -2.44. The first kappa shape index (κ1) is 17.9. The van der Waals surface area contributed by atoms with Gasteiger partial charge < -0.3 is 15.0 Å². The summed E-state index contributed by atoms with van der Waals surface area (Å²) < 4.78 is 5.06. The molecule has 1 saturated heterocycles. The number of thiazole rings is 1. The van der Waals surface area contributed by atoms with Crippen molar-refractivity contribution in [2.45, 2.75) is 39.3 Å².